The smallest absolute Gasteiger partial charge is 0.337 e. The Bertz CT molecular complexity index is 499. The molecule has 1 aromatic carbocycles. The van der Waals surface area contributed by atoms with Crippen LogP contribution in [0.25, 0.3) is 0 Å². The fraction of sp³-hybridized carbons (Fsp3) is 0.467. The van der Waals surface area contributed by atoms with Crippen LogP contribution in [-0.4, -0.2) is 32.6 Å². The first-order valence-corrected chi connectivity index (χ1v) is 6.22. The summed E-state index contributed by atoms with van der Waals surface area (Å²) in [6.07, 6.45) is 0. The fourth-order valence-electron chi connectivity index (χ4n) is 1.39. The second-order valence-electron chi connectivity index (χ2n) is 5.32. The molecular weight excluding hydrogens is 260 g/mol. The minimum absolute atomic E-state index is 0.0170. The van der Waals surface area contributed by atoms with Crippen molar-refractivity contribution in [1.29, 1.82) is 0 Å². The summed E-state index contributed by atoms with van der Waals surface area (Å²) >= 11 is 0. The molecule has 0 saturated carbocycles. The van der Waals surface area contributed by atoms with Gasteiger partial charge in [-0.15, -0.1) is 0 Å². The average molecular weight is 280 g/mol. The van der Waals surface area contributed by atoms with Gasteiger partial charge in [0.2, 0.25) is 0 Å². The van der Waals surface area contributed by atoms with Gasteiger partial charge in [0.15, 0.2) is 17.3 Å². The van der Waals surface area contributed by atoms with Crippen LogP contribution in [-0.2, 0) is 9.53 Å². The third kappa shape index (κ3) is 3.98. The molecule has 20 heavy (non-hydrogen) atoms. The first-order valence-electron chi connectivity index (χ1n) is 6.22. The van der Waals surface area contributed by atoms with Gasteiger partial charge in [0.1, 0.15) is 6.61 Å². The zero-order valence-corrected chi connectivity index (χ0v) is 12.5. The third-order valence-electron chi connectivity index (χ3n) is 2.78. The lowest BCUT2D eigenvalue weighted by Gasteiger charge is -2.17. The highest BCUT2D eigenvalue weighted by Gasteiger charge is 2.22. The summed E-state index contributed by atoms with van der Waals surface area (Å²) in [6, 6.07) is 4.66. The lowest BCUT2D eigenvalue weighted by molar-refractivity contribution is -0.128. The van der Waals surface area contributed by atoms with E-state index in [1.54, 1.807) is 12.1 Å². The SMILES string of the molecule is COC(=O)c1ccc(OCC(=O)C(C)(C)C)c(OC)c1. The van der Waals surface area contributed by atoms with Gasteiger partial charge in [-0.25, -0.2) is 4.79 Å². The van der Waals surface area contributed by atoms with Crippen LogP contribution in [0.2, 0.25) is 0 Å². The Balaban J connectivity index is 2.86. The Morgan fingerprint density at radius 1 is 1.10 bits per heavy atom. The zero-order valence-electron chi connectivity index (χ0n) is 12.5. The maximum atomic E-state index is 11.8. The number of methoxy groups -OCH3 is 2. The quantitative estimate of drug-likeness (QED) is 0.775. The predicted molar refractivity (Wildman–Crippen MR) is 74.3 cm³/mol. The molecule has 0 aliphatic heterocycles. The second-order valence-corrected chi connectivity index (χ2v) is 5.32. The largest absolute Gasteiger partial charge is 0.493 e. The molecule has 110 valence electrons. The summed E-state index contributed by atoms with van der Waals surface area (Å²) in [5, 5.41) is 0. The molecule has 0 spiro atoms. The van der Waals surface area contributed by atoms with E-state index >= 15 is 0 Å². The molecule has 0 heterocycles. The van der Waals surface area contributed by atoms with Gasteiger partial charge in [0.05, 0.1) is 19.8 Å². The number of benzene rings is 1. The van der Waals surface area contributed by atoms with E-state index in [2.05, 4.69) is 4.74 Å². The van der Waals surface area contributed by atoms with Crippen molar-refractivity contribution in [2.45, 2.75) is 20.8 Å². The number of hydrogen-bond acceptors (Lipinski definition) is 5. The molecule has 1 aromatic rings. The van der Waals surface area contributed by atoms with Crippen molar-refractivity contribution in [3.05, 3.63) is 23.8 Å². The van der Waals surface area contributed by atoms with Crippen LogP contribution in [0, 0.1) is 5.41 Å². The molecule has 0 amide bonds. The highest BCUT2D eigenvalue weighted by atomic mass is 16.5. The monoisotopic (exact) mass is 280 g/mol. The van der Waals surface area contributed by atoms with Gasteiger partial charge in [-0.1, -0.05) is 20.8 Å². The number of rotatable bonds is 5. The van der Waals surface area contributed by atoms with Gasteiger partial charge < -0.3 is 14.2 Å². The van der Waals surface area contributed by atoms with E-state index in [1.807, 2.05) is 20.8 Å². The van der Waals surface area contributed by atoms with Gasteiger partial charge >= 0.3 is 5.97 Å². The van der Waals surface area contributed by atoms with Crippen LogP contribution in [0.4, 0.5) is 0 Å². The molecule has 0 bridgehead atoms. The summed E-state index contributed by atoms with van der Waals surface area (Å²) in [6.45, 7) is 5.44. The summed E-state index contributed by atoms with van der Waals surface area (Å²) in [5.41, 5.74) is -0.0991. The molecule has 0 N–H and O–H groups in total. The Hall–Kier alpha value is -2.04. The van der Waals surface area contributed by atoms with Crippen LogP contribution in [0.15, 0.2) is 18.2 Å². The van der Waals surface area contributed by atoms with Gasteiger partial charge in [0.25, 0.3) is 0 Å². The van der Waals surface area contributed by atoms with Gasteiger partial charge in [-0.05, 0) is 18.2 Å². The summed E-state index contributed by atoms with van der Waals surface area (Å²) < 4.78 is 15.2. The minimum atomic E-state index is -0.459. The van der Waals surface area contributed by atoms with E-state index in [9.17, 15) is 9.59 Å². The van der Waals surface area contributed by atoms with Crippen molar-refractivity contribution in [3.63, 3.8) is 0 Å². The Labute approximate surface area is 118 Å². The van der Waals surface area contributed by atoms with E-state index in [0.717, 1.165) is 0 Å². The highest BCUT2D eigenvalue weighted by Crippen LogP contribution is 2.29. The van der Waals surface area contributed by atoms with Crippen molar-refractivity contribution in [2.75, 3.05) is 20.8 Å². The second kappa shape index (κ2) is 6.41. The van der Waals surface area contributed by atoms with Crippen LogP contribution in [0.1, 0.15) is 31.1 Å². The first kappa shape index (κ1) is 16.0. The average Bonchev–Trinajstić information content (AvgIpc) is 2.42. The molecule has 0 atom stereocenters. The van der Waals surface area contributed by atoms with Gasteiger partial charge in [-0.2, -0.15) is 0 Å². The molecule has 5 nitrogen and oxygen atoms in total. The standard InChI is InChI=1S/C15H20O5/c1-15(2,3)13(16)9-20-11-7-6-10(14(17)19-5)8-12(11)18-4/h6-8H,9H2,1-5H3. The molecule has 0 fully saturated rings. The van der Waals surface area contributed by atoms with Crippen molar-refractivity contribution >= 4 is 11.8 Å². The highest BCUT2D eigenvalue weighted by molar-refractivity contribution is 5.90. The third-order valence-corrected chi connectivity index (χ3v) is 2.78. The van der Waals surface area contributed by atoms with Crippen molar-refractivity contribution < 1.29 is 23.8 Å². The minimum Gasteiger partial charge on any atom is -0.493 e. The van der Waals surface area contributed by atoms with E-state index in [-0.39, 0.29) is 12.4 Å². The summed E-state index contributed by atoms with van der Waals surface area (Å²) in [4.78, 5) is 23.2. The van der Waals surface area contributed by atoms with Crippen molar-refractivity contribution in [3.8, 4) is 11.5 Å². The Kier molecular flexibility index (Phi) is 5.13. The molecule has 5 heteroatoms. The number of Topliss-reactive ketones (excluding diaryl/α,β-unsaturated/α-hetero) is 1. The summed E-state index contributed by atoms with van der Waals surface area (Å²) in [7, 11) is 2.77. The zero-order chi connectivity index (χ0) is 15.3. The van der Waals surface area contributed by atoms with Crippen LogP contribution in [0.5, 0.6) is 11.5 Å². The molecular formula is C15H20O5. The van der Waals surface area contributed by atoms with Gasteiger partial charge in [0, 0.05) is 5.41 Å². The van der Waals surface area contributed by atoms with Crippen LogP contribution >= 0.6 is 0 Å². The molecule has 0 aliphatic carbocycles. The topological polar surface area (TPSA) is 61.8 Å². The predicted octanol–water partition coefficient (Wildman–Crippen LogP) is 2.48. The van der Waals surface area contributed by atoms with Crippen LogP contribution < -0.4 is 9.47 Å². The fourth-order valence-corrected chi connectivity index (χ4v) is 1.39. The molecule has 0 radical (unpaired) electrons. The van der Waals surface area contributed by atoms with Crippen molar-refractivity contribution in [1.82, 2.24) is 0 Å². The number of esters is 1. The van der Waals surface area contributed by atoms with E-state index in [4.69, 9.17) is 9.47 Å². The number of hydrogen-bond donors (Lipinski definition) is 0. The number of ketones is 1. The normalized spacial score (nSPS) is 10.8. The van der Waals surface area contributed by atoms with E-state index in [1.165, 1.54) is 20.3 Å². The Morgan fingerprint density at radius 2 is 1.75 bits per heavy atom. The van der Waals surface area contributed by atoms with Gasteiger partial charge in [-0.3, -0.25) is 4.79 Å². The van der Waals surface area contributed by atoms with Crippen molar-refractivity contribution in [2.24, 2.45) is 5.41 Å². The van der Waals surface area contributed by atoms with E-state index in [0.29, 0.717) is 17.1 Å². The maximum Gasteiger partial charge on any atom is 0.337 e. The summed E-state index contributed by atoms with van der Waals surface area (Å²) in [5.74, 6) is 0.324. The van der Waals surface area contributed by atoms with E-state index < -0.39 is 11.4 Å². The molecule has 1 rings (SSSR count). The lowest BCUT2D eigenvalue weighted by atomic mass is 9.91. The number of carbonyl (C=O) groups is 2. The first-order chi connectivity index (χ1) is 9.29. The number of ether oxygens (including phenoxy) is 3. The Morgan fingerprint density at radius 3 is 2.25 bits per heavy atom. The number of carbonyl (C=O) groups excluding carboxylic acids is 2. The molecule has 0 saturated heterocycles. The lowest BCUT2D eigenvalue weighted by Crippen LogP contribution is -2.26. The molecule has 0 aromatic heterocycles. The molecule has 0 aliphatic rings. The maximum absolute atomic E-state index is 11.8. The van der Waals surface area contributed by atoms with Crippen LogP contribution in [0.3, 0.4) is 0 Å². The molecule has 0 unspecified atom stereocenters.